The van der Waals surface area contributed by atoms with Gasteiger partial charge in [0, 0.05) is 20.0 Å². The Kier molecular flexibility index (Phi) is 4.21. The highest BCUT2D eigenvalue weighted by atomic mass is 16.6. The predicted molar refractivity (Wildman–Crippen MR) is 78.0 cm³/mol. The van der Waals surface area contributed by atoms with Crippen LogP contribution in [0, 0.1) is 5.41 Å². The first-order valence-electron chi connectivity index (χ1n) is 6.98. The van der Waals surface area contributed by atoms with Gasteiger partial charge < -0.3 is 14.4 Å². The Labute approximate surface area is 120 Å². The van der Waals surface area contributed by atoms with Crippen molar-refractivity contribution in [3.8, 4) is 11.5 Å². The maximum Gasteiger partial charge on any atom is 0.223 e. The van der Waals surface area contributed by atoms with E-state index in [1.165, 1.54) is 0 Å². The van der Waals surface area contributed by atoms with Crippen LogP contribution in [0.4, 0.5) is 0 Å². The average Bonchev–Trinajstić information content (AvgIpc) is 2.36. The molecule has 0 fully saturated rings. The van der Waals surface area contributed by atoms with E-state index in [0.29, 0.717) is 26.2 Å². The van der Waals surface area contributed by atoms with Crippen molar-refractivity contribution < 1.29 is 14.3 Å². The molecule has 0 aromatic heterocycles. The summed E-state index contributed by atoms with van der Waals surface area (Å²) < 4.78 is 11.0. The first-order chi connectivity index (χ1) is 9.35. The Hall–Kier alpha value is -1.71. The van der Waals surface area contributed by atoms with E-state index in [-0.39, 0.29) is 11.3 Å². The zero-order valence-corrected chi connectivity index (χ0v) is 12.7. The number of hydrogen-bond acceptors (Lipinski definition) is 3. The summed E-state index contributed by atoms with van der Waals surface area (Å²) in [4.78, 5) is 13.9. The number of nitrogens with zero attached hydrogens (tertiary/aromatic N) is 1. The van der Waals surface area contributed by atoms with Crippen LogP contribution in [-0.4, -0.2) is 31.1 Å². The molecule has 0 N–H and O–H groups in total. The number of carbonyl (C=O) groups is 1. The van der Waals surface area contributed by atoms with Crippen LogP contribution in [0.3, 0.4) is 0 Å². The molecule has 1 aliphatic heterocycles. The molecule has 0 atom stereocenters. The van der Waals surface area contributed by atoms with Crippen molar-refractivity contribution in [1.29, 1.82) is 0 Å². The fourth-order valence-electron chi connectivity index (χ4n) is 2.14. The lowest BCUT2D eigenvalue weighted by atomic mass is 9.91. The molecule has 1 aliphatic rings. The molecular weight excluding hydrogens is 254 g/mol. The Morgan fingerprint density at radius 2 is 1.85 bits per heavy atom. The summed E-state index contributed by atoms with van der Waals surface area (Å²) in [5.74, 6) is 1.71. The third kappa shape index (κ3) is 3.89. The van der Waals surface area contributed by atoms with Crippen molar-refractivity contribution in [3.05, 3.63) is 23.8 Å². The largest absolute Gasteiger partial charge is 0.486 e. The molecule has 0 spiro atoms. The van der Waals surface area contributed by atoms with E-state index in [2.05, 4.69) is 20.8 Å². The molecule has 1 heterocycles. The molecule has 1 aromatic carbocycles. The van der Waals surface area contributed by atoms with Gasteiger partial charge in [-0.1, -0.05) is 26.8 Å². The van der Waals surface area contributed by atoms with Crippen LogP contribution in [0.5, 0.6) is 11.5 Å². The summed E-state index contributed by atoms with van der Waals surface area (Å²) >= 11 is 0. The third-order valence-electron chi connectivity index (χ3n) is 3.13. The maximum absolute atomic E-state index is 12.1. The molecule has 1 amide bonds. The average molecular weight is 277 g/mol. The lowest BCUT2D eigenvalue weighted by molar-refractivity contribution is -0.132. The van der Waals surface area contributed by atoms with Crippen LogP contribution in [-0.2, 0) is 11.3 Å². The summed E-state index contributed by atoms with van der Waals surface area (Å²) in [5, 5.41) is 0. The van der Waals surface area contributed by atoms with Crippen molar-refractivity contribution in [1.82, 2.24) is 4.90 Å². The van der Waals surface area contributed by atoms with Crippen molar-refractivity contribution in [2.24, 2.45) is 5.41 Å². The summed E-state index contributed by atoms with van der Waals surface area (Å²) in [5.41, 5.74) is 1.07. The molecule has 0 bridgehead atoms. The fourth-order valence-corrected chi connectivity index (χ4v) is 2.14. The lowest BCUT2D eigenvalue weighted by Crippen LogP contribution is -2.29. The zero-order chi connectivity index (χ0) is 14.8. The van der Waals surface area contributed by atoms with Crippen molar-refractivity contribution >= 4 is 5.91 Å². The first-order valence-corrected chi connectivity index (χ1v) is 6.98. The second kappa shape index (κ2) is 5.73. The third-order valence-corrected chi connectivity index (χ3v) is 3.13. The molecule has 1 aromatic rings. The van der Waals surface area contributed by atoms with Gasteiger partial charge in [-0.25, -0.2) is 0 Å². The van der Waals surface area contributed by atoms with Crippen LogP contribution in [0.2, 0.25) is 0 Å². The fraction of sp³-hybridized carbons (Fsp3) is 0.562. The number of ether oxygens (including phenoxy) is 2. The summed E-state index contributed by atoms with van der Waals surface area (Å²) in [6.45, 7) is 7.98. The summed E-state index contributed by atoms with van der Waals surface area (Å²) in [6.07, 6.45) is 0.550. The van der Waals surface area contributed by atoms with E-state index in [1.54, 1.807) is 4.90 Å². The Balaban J connectivity index is 2.01. The first kappa shape index (κ1) is 14.7. The van der Waals surface area contributed by atoms with Crippen LogP contribution >= 0.6 is 0 Å². The lowest BCUT2D eigenvalue weighted by Gasteiger charge is -2.24. The van der Waals surface area contributed by atoms with Crippen LogP contribution in [0.25, 0.3) is 0 Å². The van der Waals surface area contributed by atoms with Gasteiger partial charge in [-0.15, -0.1) is 0 Å². The number of hydrogen-bond donors (Lipinski definition) is 0. The minimum absolute atomic E-state index is 0.0121. The Bertz CT molecular complexity index is 491. The number of fused-ring (bicyclic) bond motifs is 1. The highest BCUT2D eigenvalue weighted by molar-refractivity contribution is 5.76. The molecule has 0 saturated carbocycles. The predicted octanol–water partition coefficient (Wildman–Crippen LogP) is 2.85. The van der Waals surface area contributed by atoms with E-state index in [0.717, 1.165) is 17.1 Å². The van der Waals surface area contributed by atoms with Gasteiger partial charge in [0.1, 0.15) is 13.2 Å². The van der Waals surface area contributed by atoms with Crippen molar-refractivity contribution in [3.63, 3.8) is 0 Å². The van der Waals surface area contributed by atoms with Crippen LogP contribution in [0.1, 0.15) is 32.8 Å². The zero-order valence-electron chi connectivity index (χ0n) is 12.7. The SMILES string of the molecule is CN(Cc1ccc2c(c1)OCCO2)C(=O)CC(C)(C)C. The van der Waals surface area contributed by atoms with Gasteiger partial charge in [0.25, 0.3) is 0 Å². The Morgan fingerprint density at radius 3 is 2.50 bits per heavy atom. The highest BCUT2D eigenvalue weighted by Gasteiger charge is 2.19. The minimum atomic E-state index is 0.0121. The second-order valence-electron chi connectivity index (χ2n) is 6.47. The van der Waals surface area contributed by atoms with E-state index in [4.69, 9.17) is 9.47 Å². The van der Waals surface area contributed by atoms with Crippen molar-refractivity contribution in [2.75, 3.05) is 20.3 Å². The maximum atomic E-state index is 12.1. The van der Waals surface area contributed by atoms with E-state index in [9.17, 15) is 4.79 Å². The second-order valence-corrected chi connectivity index (χ2v) is 6.47. The topological polar surface area (TPSA) is 38.8 Å². The smallest absolute Gasteiger partial charge is 0.223 e. The number of carbonyl (C=O) groups excluding carboxylic acids is 1. The minimum Gasteiger partial charge on any atom is -0.486 e. The van der Waals surface area contributed by atoms with Gasteiger partial charge in [0.05, 0.1) is 0 Å². The number of benzene rings is 1. The van der Waals surface area contributed by atoms with Gasteiger partial charge in [-0.3, -0.25) is 4.79 Å². The molecule has 2 rings (SSSR count). The normalized spacial score (nSPS) is 14.0. The van der Waals surface area contributed by atoms with E-state index < -0.39 is 0 Å². The van der Waals surface area contributed by atoms with Crippen LogP contribution < -0.4 is 9.47 Å². The van der Waals surface area contributed by atoms with Gasteiger partial charge in [-0.05, 0) is 23.1 Å². The quantitative estimate of drug-likeness (QED) is 0.852. The molecule has 20 heavy (non-hydrogen) atoms. The molecule has 4 nitrogen and oxygen atoms in total. The molecule has 0 unspecified atom stereocenters. The van der Waals surface area contributed by atoms with Gasteiger partial charge in [0.2, 0.25) is 5.91 Å². The highest BCUT2D eigenvalue weighted by Crippen LogP contribution is 2.31. The van der Waals surface area contributed by atoms with Gasteiger partial charge in [0.15, 0.2) is 11.5 Å². The van der Waals surface area contributed by atoms with E-state index >= 15 is 0 Å². The molecule has 4 heteroatoms. The van der Waals surface area contributed by atoms with Gasteiger partial charge in [-0.2, -0.15) is 0 Å². The van der Waals surface area contributed by atoms with Gasteiger partial charge >= 0.3 is 0 Å². The molecule has 110 valence electrons. The van der Waals surface area contributed by atoms with E-state index in [1.807, 2.05) is 25.2 Å². The Morgan fingerprint density at radius 1 is 1.20 bits per heavy atom. The monoisotopic (exact) mass is 277 g/mol. The summed E-state index contributed by atoms with van der Waals surface area (Å²) in [7, 11) is 1.84. The molecule has 0 aliphatic carbocycles. The molecular formula is C16H23NO3. The standard InChI is InChI=1S/C16H23NO3/c1-16(2,3)10-15(18)17(4)11-12-5-6-13-14(9-12)20-8-7-19-13/h5-6,9H,7-8,10-11H2,1-4H3. The summed E-state index contributed by atoms with van der Waals surface area (Å²) in [6, 6.07) is 5.84. The molecule has 0 saturated heterocycles. The van der Waals surface area contributed by atoms with Crippen molar-refractivity contribution in [2.45, 2.75) is 33.7 Å². The number of rotatable bonds is 3. The number of amides is 1. The van der Waals surface area contributed by atoms with Crippen LogP contribution in [0.15, 0.2) is 18.2 Å². The molecule has 0 radical (unpaired) electrons.